The van der Waals surface area contributed by atoms with E-state index in [1.165, 1.54) is 276 Å². The first-order valence-electron chi connectivity index (χ1n) is 36.1. The minimum Gasteiger partial charge on any atom is -0.462 e. The van der Waals surface area contributed by atoms with Crippen molar-refractivity contribution in [2.24, 2.45) is 0 Å². The fraction of sp³-hybridized carbons (Fsp3) is 0.853. The van der Waals surface area contributed by atoms with E-state index in [1.807, 2.05) is 0 Å². The standard InChI is InChI=1S/C75H138O6/c1-4-7-10-13-16-19-22-25-28-30-31-32-33-34-35-36-37-38-39-40-41-42-43-45-47-50-53-56-59-62-65-68-74(77)80-71-72(70-79-73(76)67-64-61-58-55-52-49-46-27-24-21-18-15-12-9-6-3)81-75(78)69-66-63-60-57-54-51-48-44-29-26-23-20-17-14-11-8-5-2/h17,20,26-27,29-31,46,72H,4-16,18-19,21-25,28,32-45,47-71H2,1-3H3/b20-17-,29-26-,31-30-,46-27-. The number of allylic oxidation sites excluding steroid dienone is 8. The Morgan fingerprint density at radius 2 is 0.444 bits per heavy atom. The maximum absolute atomic E-state index is 12.9. The lowest BCUT2D eigenvalue weighted by Crippen LogP contribution is -2.30. The van der Waals surface area contributed by atoms with Crippen molar-refractivity contribution in [3.63, 3.8) is 0 Å². The number of carbonyl (C=O) groups is 3. The monoisotopic (exact) mass is 1140 g/mol. The highest BCUT2D eigenvalue weighted by molar-refractivity contribution is 5.71. The fourth-order valence-corrected chi connectivity index (χ4v) is 10.8. The Morgan fingerprint density at radius 1 is 0.247 bits per heavy atom. The third-order valence-corrected chi connectivity index (χ3v) is 16.3. The molecular formula is C75H138O6. The van der Waals surface area contributed by atoms with Crippen LogP contribution in [0.3, 0.4) is 0 Å². The molecule has 0 aromatic carbocycles. The molecule has 1 atom stereocenters. The molecule has 0 bridgehead atoms. The van der Waals surface area contributed by atoms with E-state index < -0.39 is 6.10 Å². The summed E-state index contributed by atoms with van der Waals surface area (Å²) in [5, 5.41) is 0. The zero-order chi connectivity index (χ0) is 58.5. The molecule has 0 aliphatic carbocycles. The normalized spacial score (nSPS) is 12.3. The molecular weight excluding hydrogens is 997 g/mol. The maximum Gasteiger partial charge on any atom is 0.306 e. The zero-order valence-corrected chi connectivity index (χ0v) is 54.6. The average molecular weight is 1140 g/mol. The summed E-state index contributed by atoms with van der Waals surface area (Å²) in [6, 6.07) is 0. The van der Waals surface area contributed by atoms with Crippen molar-refractivity contribution in [1.82, 2.24) is 0 Å². The summed E-state index contributed by atoms with van der Waals surface area (Å²) < 4.78 is 17.0. The van der Waals surface area contributed by atoms with Crippen molar-refractivity contribution in [3.8, 4) is 0 Å². The van der Waals surface area contributed by atoms with Gasteiger partial charge in [-0.3, -0.25) is 14.4 Å². The molecule has 474 valence electrons. The smallest absolute Gasteiger partial charge is 0.306 e. The molecule has 0 aliphatic heterocycles. The second-order valence-corrected chi connectivity index (χ2v) is 24.5. The Morgan fingerprint density at radius 3 is 0.716 bits per heavy atom. The predicted octanol–water partition coefficient (Wildman–Crippen LogP) is 24.9. The van der Waals surface area contributed by atoms with E-state index in [0.29, 0.717) is 19.3 Å². The van der Waals surface area contributed by atoms with Gasteiger partial charge in [-0.05, 0) is 103 Å². The maximum atomic E-state index is 12.9. The van der Waals surface area contributed by atoms with Crippen LogP contribution in [0, 0.1) is 0 Å². The summed E-state index contributed by atoms with van der Waals surface area (Å²) in [5.41, 5.74) is 0. The molecule has 0 aliphatic rings. The highest BCUT2D eigenvalue weighted by atomic mass is 16.6. The Kier molecular flexibility index (Phi) is 67.6. The van der Waals surface area contributed by atoms with Crippen LogP contribution in [0.15, 0.2) is 48.6 Å². The van der Waals surface area contributed by atoms with E-state index in [-0.39, 0.29) is 31.1 Å². The summed E-state index contributed by atoms with van der Waals surface area (Å²) in [4.78, 5) is 38.4. The van der Waals surface area contributed by atoms with Gasteiger partial charge >= 0.3 is 17.9 Å². The molecule has 6 nitrogen and oxygen atoms in total. The molecule has 0 rings (SSSR count). The van der Waals surface area contributed by atoms with E-state index >= 15 is 0 Å². The summed E-state index contributed by atoms with van der Waals surface area (Å²) in [7, 11) is 0. The van der Waals surface area contributed by atoms with Crippen molar-refractivity contribution in [3.05, 3.63) is 48.6 Å². The van der Waals surface area contributed by atoms with Gasteiger partial charge in [-0.1, -0.05) is 320 Å². The minimum absolute atomic E-state index is 0.0751. The number of rotatable bonds is 67. The summed E-state index contributed by atoms with van der Waals surface area (Å²) >= 11 is 0. The van der Waals surface area contributed by atoms with Crippen molar-refractivity contribution in [1.29, 1.82) is 0 Å². The highest BCUT2D eigenvalue weighted by Gasteiger charge is 2.19. The van der Waals surface area contributed by atoms with Gasteiger partial charge in [0.25, 0.3) is 0 Å². The molecule has 0 spiro atoms. The van der Waals surface area contributed by atoms with Crippen molar-refractivity contribution < 1.29 is 28.6 Å². The molecule has 81 heavy (non-hydrogen) atoms. The van der Waals surface area contributed by atoms with E-state index in [9.17, 15) is 14.4 Å². The molecule has 0 radical (unpaired) electrons. The largest absolute Gasteiger partial charge is 0.462 e. The number of hydrogen-bond acceptors (Lipinski definition) is 6. The van der Waals surface area contributed by atoms with Crippen LogP contribution in [0.25, 0.3) is 0 Å². The number of hydrogen-bond donors (Lipinski definition) is 0. The quantitative estimate of drug-likeness (QED) is 0.0261. The van der Waals surface area contributed by atoms with Crippen LogP contribution in [-0.2, 0) is 28.6 Å². The molecule has 0 amide bonds. The number of esters is 3. The Hall–Kier alpha value is -2.63. The van der Waals surface area contributed by atoms with Gasteiger partial charge in [0, 0.05) is 19.3 Å². The molecule has 6 heteroatoms. The van der Waals surface area contributed by atoms with Gasteiger partial charge in [-0.15, -0.1) is 0 Å². The van der Waals surface area contributed by atoms with Crippen LogP contribution in [0.5, 0.6) is 0 Å². The first kappa shape index (κ1) is 78.4. The first-order chi connectivity index (χ1) is 40.0. The van der Waals surface area contributed by atoms with E-state index in [2.05, 4.69) is 69.4 Å². The Bertz CT molecular complexity index is 1400. The van der Waals surface area contributed by atoms with Gasteiger partial charge in [-0.2, -0.15) is 0 Å². The second-order valence-electron chi connectivity index (χ2n) is 24.5. The second kappa shape index (κ2) is 69.9. The molecule has 0 saturated carbocycles. The minimum atomic E-state index is -0.780. The van der Waals surface area contributed by atoms with E-state index in [0.717, 1.165) is 77.0 Å². The van der Waals surface area contributed by atoms with Crippen LogP contribution >= 0.6 is 0 Å². The van der Waals surface area contributed by atoms with Crippen LogP contribution in [0.1, 0.15) is 393 Å². The third-order valence-electron chi connectivity index (χ3n) is 16.3. The summed E-state index contributed by atoms with van der Waals surface area (Å²) in [6.45, 7) is 6.66. The summed E-state index contributed by atoms with van der Waals surface area (Å²) in [6.07, 6.45) is 88.7. The van der Waals surface area contributed by atoms with Gasteiger partial charge in [0.1, 0.15) is 13.2 Å². The van der Waals surface area contributed by atoms with Crippen molar-refractivity contribution in [2.45, 2.75) is 399 Å². The molecule has 0 fully saturated rings. The lowest BCUT2D eigenvalue weighted by molar-refractivity contribution is -0.167. The Balaban J connectivity index is 4.18. The number of unbranched alkanes of at least 4 members (excludes halogenated alkanes) is 48. The third kappa shape index (κ3) is 68.0. The molecule has 0 saturated heterocycles. The van der Waals surface area contributed by atoms with Crippen LogP contribution in [0.2, 0.25) is 0 Å². The van der Waals surface area contributed by atoms with Gasteiger partial charge < -0.3 is 14.2 Å². The Labute approximate surface area is 505 Å². The van der Waals surface area contributed by atoms with Gasteiger partial charge in [0.15, 0.2) is 6.10 Å². The number of carbonyl (C=O) groups excluding carboxylic acids is 3. The molecule has 0 aromatic heterocycles. The predicted molar refractivity (Wildman–Crippen MR) is 353 cm³/mol. The van der Waals surface area contributed by atoms with Crippen molar-refractivity contribution >= 4 is 17.9 Å². The zero-order valence-electron chi connectivity index (χ0n) is 54.6. The molecule has 1 unspecified atom stereocenters. The van der Waals surface area contributed by atoms with Crippen LogP contribution < -0.4 is 0 Å². The molecule has 0 N–H and O–H groups in total. The first-order valence-corrected chi connectivity index (χ1v) is 36.1. The van der Waals surface area contributed by atoms with Crippen LogP contribution in [-0.4, -0.2) is 37.2 Å². The average Bonchev–Trinajstić information content (AvgIpc) is 3.47. The SMILES string of the molecule is CCCCC/C=C\C/C=C\CCCCCCCCCC(=O)OC(COC(=O)CCCCCCC/C=C\CCCCCCCC)COC(=O)CCCCCCCCCCCCCCCCCCCCC/C=C\CCCCCCCCCC. The van der Waals surface area contributed by atoms with Gasteiger partial charge in [0.05, 0.1) is 0 Å². The number of ether oxygens (including phenoxy) is 3. The van der Waals surface area contributed by atoms with E-state index in [1.54, 1.807) is 0 Å². The lowest BCUT2D eigenvalue weighted by atomic mass is 10.0. The van der Waals surface area contributed by atoms with Crippen molar-refractivity contribution in [2.75, 3.05) is 13.2 Å². The van der Waals surface area contributed by atoms with Gasteiger partial charge in [0.2, 0.25) is 0 Å². The summed E-state index contributed by atoms with van der Waals surface area (Å²) in [5.74, 6) is -0.867. The topological polar surface area (TPSA) is 78.9 Å². The van der Waals surface area contributed by atoms with Gasteiger partial charge in [-0.25, -0.2) is 0 Å². The van der Waals surface area contributed by atoms with Crippen LogP contribution in [0.4, 0.5) is 0 Å². The van der Waals surface area contributed by atoms with E-state index in [4.69, 9.17) is 14.2 Å². The molecule has 0 heterocycles. The fourth-order valence-electron chi connectivity index (χ4n) is 10.8. The lowest BCUT2D eigenvalue weighted by Gasteiger charge is -2.18. The highest BCUT2D eigenvalue weighted by Crippen LogP contribution is 2.18. The molecule has 0 aromatic rings.